The van der Waals surface area contributed by atoms with Crippen LogP contribution in [-0.4, -0.2) is 38.8 Å². The molecule has 0 aliphatic carbocycles. The van der Waals surface area contributed by atoms with Gasteiger partial charge in [-0.2, -0.15) is 0 Å². The molecule has 6 heteroatoms. The third kappa shape index (κ3) is 4.71. The molecule has 0 bridgehead atoms. The molecular formula is C24H27N5O. The average Bonchev–Trinajstić information content (AvgIpc) is 2.79. The number of nitrogens with one attached hydrogen (secondary N) is 1. The molecule has 0 unspecified atom stereocenters. The summed E-state index contributed by atoms with van der Waals surface area (Å²) >= 11 is 0. The highest BCUT2D eigenvalue weighted by Gasteiger charge is 2.14. The monoisotopic (exact) mass is 401 g/mol. The third-order valence-electron chi connectivity index (χ3n) is 5.61. The highest BCUT2D eigenvalue weighted by molar-refractivity contribution is 6.03. The molecule has 30 heavy (non-hydrogen) atoms. The van der Waals surface area contributed by atoms with Crippen LogP contribution in [0.25, 0.3) is 16.5 Å². The van der Waals surface area contributed by atoms with E-state index in [0.717, 1.165) is 41.8 Å². The van der Waals surface area contributed by atoms with Crippen molar-refractivity contribution >= 4 is 28.3 Å². The van der Waals surface area contributed by atoms with E-state index in [2.05, 4.69) is 44.2 Å². The number of benzene rings is 1. The van der Waals surface area contributed by atoms with E-state index in [4.69, 9.17) is 0 Å². The number of rotatable bonds is 5. The lowest BCUT2D eigenvalue weighted by atomic mass is 10.1. The number of fused-ring (bicyclic) bond motifs is 1. The Hall–Kier alpha value is -3.12. The Kier molecular flexibility index (Phi) is 6.14. The Morgan fingerprint density at radius 3 is 2.73 bits per heavy atom. The van der Waals surface area contributed by atoms with Gasteiger partial charge in [-0.3, -0.25) is 20.0 Å². The minimum Gasteiger partial charge on any atom is -0.298 e. The van der Waals surface area contributed by atoms with Crippen LogP contribution in [0, 0.1) is 0 Å². The predicted molar refractivity (Wildman–Crippen MR) is 120 cm³/mol. The Morgan fingerprint density at radius 1 is 1.10 bits per heavy atom. The number of pyridine rings is 1. The number of carbonyl (C=O) groups is 1. The first-order valence-corrected chi connectivity index (χ1v) is 10.5. The van der Waals surface area contributed by atoms with Crippen LogP contribution in [0.3, 0.4) is 0 Å². The lowest BCUT2D eigenvalue weighted by Crippen LogP contribution is -2.29. The zero-order valence-corrected chi connectivity index (χ0v) is 17.6. The van der Waals surface area contributed by atoms with E-state index < -0.39 is 0 Å². The second-order valence-electron chi connectivity index (χ2n) is 7.77. The standard InChI is InChI=1S/C24H27N5O/c1-3-17(2)18-7-8-20-15-26-24(27-22(20)14-18)28-23(30)19-9-10-25-21(13-19)16-29-11-5-4-6-12-29/h3,7-10,13-15H,4-6,11-12,16H2,1-2H3,(H,26,27,28,30)/b17-3+. The van der Waals surface area contributed by atoms with Gasteiger partial charge in [0.15, 0.2) is 0 Å². The molecule has 1 saturated heterocycles. The maximum atomic E-state index is 12.8. The fraction of sp³-hybridized carbons (Fsp3) is 0.333. The Morgan fingerprint density at radius 2 is 1.93 bits per heavy atom. The smallest absolute Gasteiger partial charge is 0.258 e. The first-order valence-electron chi connectivity index (χ1n) is 10.5. The molecule has 0 spiro atoms. The van der Waals surface area contributed by atoms with Gasteiger partial charge in [-0.05, 0) is 69.1 Å². The first-order chi connectivity index (χ1) is 14.6. The predicted octanol–water partition coefficient (Wildman–Crippen LogP) is 4.69. The minimum absolute atomic E-state index is 0.225. The van der Waals surface area contributed by atoms with Crippen LogP contribution in [0.15, 0.2) is 48.8 Å². The number of hydrogen-bond donors (Lipinski definition) is 1. The van der Waals surface area contributed by atoms with Crippen LogP contribution in [-0.2, 0) is 6.54 Å². The molecule has 3 heterocycles. The zero-order valence-electron chi connectivity index (χ0n) is 17.6. The van der Waals surface area contributed by atoms with Crippen molar-refractivity contribution in [3.05, 3.63) is 65.6 Å². The van der Waals surface area contributed by atoms with Gasteiger partial charge in [0, 0.05) is 29.9 Å². The summed E-state index contributed by atoms with van der Waals surface area (Å²) in [7, 11) is 0. The third-order valence-corrected chi connectivity index (χ3v) is 5.61. The van der Waals surface area contributed by atoms with Crippen LogP contribution in [0.4, 0.5) is 5.95 Å². The molecule has 1 amide bonds. The zero-order chi connectivity index (χ0) is 20.9. The quantitative estimate of drug-likeness (QED) is 0.672. The molecule has 0 atom stereocenters. The molecule has 1 fully saturated rings. The lowest BCUT2D eigenvalue weighted by molar-refractivity contribution is 0.102. The number of carbonyl (C=O) groups excluding carboxylic acids is 1. The summed E-state index contributed by atoms with van der Waals surface area (Å²) in [6.07, 6.45) is 9.26. The summed E-state index contributed by atoms with van der Waals surface area (Å²) in [4.78, 5) is 28.4. The molecule has 6 nitrogen and oxygen atoms in total. The van der Waals surface area contributed by atoms with E-state index in [9.17, 15) is 4.79 Å². The van der Waals surface area contributed by atoms with Crippen molar-refractivity contribution in [3.8, 4) is 0 Å². The van der Waals surface area contributed by atoms with E-state index in [1.807, 2.05) is 25.1 Å². The number of piperidine rings is 1. The molecule has 3 aromatic rings. The van der Waals surface area contributed by atoms with Crippen molar-refractivity contribution in [2.75, 3.05) is 18.4 Å². The van der Waals surface area contributed by atoms with E-state index in [1.54, 1.807) is 18.5 Å². The number of nitrogens with zero attached hydrogens (tertiary/aromatic N) is 4. The van der Waals surface area contributed by atoms with Gasteiger partial charge < -0.3 is 0 Å². The normalized spacial score (nSPS) is 15.3. The number of anilines is 1. The van der Waals surface area contributed by atoms with Crippen molar-refractivity contribution in [2.45, 2.75) is 39.7 Å². The largest absolute Gasteiger partial charge is 0.298 e. The number of likely N-dealkylation sites (tertiary alicyclic amines) is 1. The summed E-state index contributed by atoms with van der Waals surface area (Å²) in [6.45, 7) is 7.05. The molecule has 0 saturated carbocycles. The van der Waals surface area contributed by atoms with E-state index in [0.29, 0.717) is 11.5 Å². The molecule has 0 radical (unpaired) electrons. The summed E-state index contributed by atoms with van der Waals surface area (Å²) in [5.41, 5.74) is 4.57. The van der Waals surface area contributed by atoms with Crippen molar-refractivity contribution in [2.24, 2.45) is 0 Å². The molecule has 4 rings (SSSR count). The summed E-state index contributed by atoms with van der Waals surface area (Å²) in [5.74, 6) is 0.0783. The summed E-state index contributed by atoms with van der Waals surface area (Å²) in [5, 5.41) is 3.77. The Balaban J connectivity index is 1.50. The van der Waals surface area contributed by atoms with Crippen LogP contribution in [0.2, 0.25) is 0 Å². The molecule has 2 aromatic heterocycles. The number of amides is 1. The van der Waals surface area contributed by atoms with Crippen LogP contribution in [0.5, 0.6) is 0 Å². The second-order valence-corrected chi connectivity index (χ2v) is 7.77. The first kappa shape index (κ1) is 20.2. The number of aromatic nitrogens is 3. The van der Waals surface area contributed by atoms with Gasteiger partial charge in [-0.25, -0.2) is 9.97 Å². The van der Waals surface area contributed by atoms with Gasteiger partial charge in [-0.1, -0.05) is 24.6 Å². The highest BCUT2D eigenvalue weighted by Crippen LogP contribution is 2.20. The SMILES string of the molecule is C/C=C(\C)c1ccc2cnc(NC(=O)c3ccnc(CN4CCCCC4)c3)nc2c1. The maximum absolute atomic E-state index is 12.8. The average molecular weight is 402 g/mol. The molecular weight excluding hydrogens is 374 g/mol. The Bertz CT molecular complexity index is 1090. The second kappa shape index (κ2) is 9.13. The molecule has 1 aliphatic heterocycles. The minimum atomic E-state index is -0.225. The van der Waals surface area contributed by atoms with Crippen LogP contribution >= 0.6 is 0 Å². The van der Waals surface area contributed by atoms with Gasteiger partial charge in [0.25, 0.3) is 5.91 Å². The highest BCUT2D eigenvalue weighted by atomic mass is 16.1. The Labute approximate surface area is 177 Å². The maximum Gasteiger partial charge on any atom is 0.258 e. The molecule has 1 aliphatic rings. The van der Waals surface area contributed by atoms with Gasteiger partial charge in [0.1, 0.15) is 0 Å². The van der Waals surface area contributed by atoms with Crippen LogP contribution in [0.1, 0.15) is 54.7 Å². The van der Waals surface area contributed by atoms with Crippen molar-refractivity contribution in [3.63, 3.8) is 0 Å². The topological polar surface area (TPSA) is 71.0 Å². The van der Waals surface area contributed by atoms with Crippen molar-refractivity contribution < 1.29 is 4.79 Å². The van der Waals surface area contributed by atoms with E-state index in [-0.39, 0.29) is 5.91 Å². The van der Waals surface area contributed by atoms with Gasteiger partial charge >= 0.3 is 0 Å². The molecule has 1 aromatic carbocycles. The van der Waals surface area contributed by atoms with Gasteiger partial charge in [0.2, 0.25) is 5.95 Å². The van der Waals surface area contributed by atoms with Gasteiger partial charge in [-0.15, -0.1) is 0 Å². The van der Waals surface area contributed by atoms with E-state index >= 15 is 0 Å². The molecule has 1 N–H and O–H groups in total. The number of allylic oxidation sites excluding steroid dienone is 2. The fourth-order valence-corrected chi connectivity index (χ4v) is 3.72. The number of hydrogen-bond acceptors (Lipinski definition) is 5. The van der Waals surface area contributed by atoms with Crippen molar-refractivity contribution in [1.82, 2.24) is 19.9 Å². The van der Waals surface area contributed by atoms with E-state index in [1.165, 1.54) is 24.8 Å². The van der Waals surface area contributed by atoms with Crippen LogP contribution < -0.4 is 5.32 Å². The molecule has 154 valence electrons. The summed E-state index contributed by atoms with van der Waals surface area (Å²) < 4.78 is 0. The van der Waals surface area contributed by atoms with Crippen molar-refractivity contribution in [1.29, 1.82) is 0 Å². The summed E-state index contributed by atoms with van der Waals surface area (Å²) in [6, 6.07) is 9.66. The fourth-order valence-electron chi connectivity index (χ4n) is 3.72. The van der Waals surface area contributed by atoms with Gasteiger partial charge in [0.05, 0.1) is 11.2 Å². The lowest BCUT2D eigenvalue weighted by Gasteiger charge is -2.25.